The molecule has 0 spiro atoms. The molecule has 0 radical (unpaired) electrons. The molecule has 1 aromatic rings. The Balaban J connectivity index is 1.92. The Morgan fingerprint density at radius 1 is 1.63 bits per heavy atom. The van der Waals surface area contributed by atoms with Crippen molar-refractivity contribution in [3.63, 3.8) is 0 Å². The van der Waals surface area contributed by atoms with Gasteiger partial charge < -0.3 is 14.8 Å². The van der Waals surface area contributed by atoms with E-state index >= 15 is 0 Å². The van der Waals surface area contributed by atoms with Crippen molar-refractivity contribution in [2.45, 2.75) is 38.9 Å². The molecule has 1 aliphatic heterocycles. The first kappa shape index (κ1) is 15.1. The van der Waals surface area contributed by atoms with Crippen molar-refractivity contribution >= 4 is 40.0 Å². The Morgan fingerprint density at radius 2 is 2.37 bits per heavy atom. The van der Waals surface area contributed by atoms with Crippen LogP contribution < -0.4 is 5.32 Å². The first-order valence-electron chi connectivity index (χ1n) is 6.22. The van der Waals surface area contributed by atoms with Gasteiger partial charge in [-0.05, 0) is 55.0 Å². The van der Waals surface area contributed by atoms with Crippen LogP contribution in [-0.2, 0) is 15.9 Å². The van der Waals surface area contributed by atoms with Crippen LogP contribution in [0.15, 0.2) is 6.07 Å². The maximum Gasteiger partial charge on any atom is 0.407 e. The van der Waals surface area contributed by atoms with Crippen molar-refractivity contribution in [3.8, 4) is 0 Å². The van der Waals surface area contributed by atoms with Crippen LogP contribution in [0.4, 0.5) is 4.79 Å². The predicted molar refractivity (Wildman–Crippen MR) is 83.7 cm³/mol. The average molecular weight is 395 g/mol. The summed E-state index contributed by atoms with van der Waals surface area (Å²) in [4.78, 5) is 13.0. The lowest BCUT2D eigenvalue weighted by atomic mass is 10.1. The lowest BCUT2D eigenvalue weighted by Gasteiger charge is -2.25. The Bertz CT molecular complexity index is 467. The van der Waals surface area contributed by atoms with Crippen LogP contribution in [0.25, 0.3) is 0 Å². The van der Waals surface area contributed by atoms with Gasteiger partial charge in [0.2, 0.25) is 0 Å². The smallest absolute Gasteiger partial charge is 0.407 e. The van der Waals surface area contributed by atoms with Gasteiger partial charge in [0.05, 0.1) is 16.0 Å². The Kier molecular flexibility index (Phi) is 4.73. The van der Waals surface area contributed by atoms with Gasteiger partial charge in [-0.1, -0.05) is 0 Å². The second-order valence-corrected chi connectivity index (χ2v) is 8.45. The molecule has 0 saturated carbocycles. The maximum absolute atomic E-state index is 11.6. The molecule has 2 heterocycles. The van der Waals surface area contributed by atoms with Crippen molar-refractivity contribution in [1.82, 2.24) is 5.32 Å². The molecule has 1 amide bonds. The summed E-state index contributed by atoms with van der Waals surface area (Å²) in [6, 6.07) is 2.14. The van der Waals surface area contributed by atoms with E-state index in [2.05, 4.69) is 34.0 Å². The van der Waals surface area contributed by atoms with E-state index in [-0.39, 0.29) is 6.10 Å². The lowest BCUT2D eigenvalue weighted by molar-refractivity contribution is 0.0296. The van der Waals surface area contributed by atoms with Gasteiger partial charge in [-0.25, -0.2) is 4.79 Å². The van der Waals surface area contributed by atoms with Gasteiger partial charge in [0.25, 0.3) is 0 Å². The second kappa shape index (κ2) is 5.97. The third kappa shape index (κ3) is 4.32. The summed E-state index contributed by atoms with van der Waals surface area (Å²) in [5.74, 6) is 0. The fourth-order valence-corrected chi connectivity index (χ4v) is 3.97. The monoisotopic (exact) mass is 395 g/mol. The number of hydrogen-bond donors (Lipinski definition) is 1. The highest BCUT2D eigenvalue weighted by Gasteiger charge is 2.24. The molecule has 4 nitrogen and oxygen atoms in total. The third-order valence-corrected chi connectivity index (χ3v) is 4.61. The fourth-order valence-electron chi connectivity index (χ4n) is 1.92. The van der Waals surface area contributed by atoms with Gasteiger partial charge in [-0.15, -0.1) is 11.3 Å². The molecular formula is C13H18INO3S. The summed E-state index contributed by atoms with van der Waals surface area (Å²) in [6.45, 7) is 6.72. The fraction of sp³-hybridized carbons (Fsp3) is 0.615. The summed E-state index contributed by atoms with van der Waals surface area (Å²) in [5, 5.41) is 2.78. The standard InChI is InChI=1S/C13H18INO3S/c1-13(2,3)18-12(16)15-7-9-8-6-11(14)19-10(8)4-5-17-9/h6,9H,4-5,7H2,1-3H3,(H,15,16). The largest absolute Gasteiger partial charge is 0.444 e. The number of ether oxygens (including phenoxy) is 2. The molecule has 2 rings (SSSR count). The van der Waals surface area contributed by atoms with Crippen molar-refractivity contribution in [2.24, 2.45) is 0 Å². The minimum absolute atomic E-state index is 0.0592. The van der Waals surface area contributed by atoms with Gasteiger partial charge in [-0.3, -0.25) is 0 Å². The summed E-state index contributed by atoms with van der Waals surface area (Å²) >= 11 is 4.12. The molecule has 0 aliphatic carbocycles. The van der Waals surface area contributed by atoms with Gasteiger partial charge in [0, 0.05) is 11.3 Å². The number of alkyl carbamates (subject to hydrolysis) is 1. The van der Waals surface area contributed by atoms with Crippen molar-refractivity contribution in [1.29, 1.82) is 0 Å². The van der Waals surface area contributed by atoms with E-state index in [9.17, 15) is 4.79 Å². The van der Waals surface area contributed by atoms with E-state index in [4.69, 9.17) is 9.47 Å². The molecule has 106 valence electrons. The second-order valence-electron chi connectivity index (χ2n) is 5.42. The van der Waals surface area contributed by atoms with E-state index in [0.29, 0.717) is 13.2 Å². The lowest BCUT2D eigenvalue weighted by Crippen LogP contribution is -2.36. The number of rotatable bonds is 2. The number of carbonyl (C=O) groups is 1. The number of halogens is 1. The number of hydrogen-bond acceptors (Lipinski definition) is 4. The summed E-state index contributed by atoms with van der Waals surface area (Å²) in [7, 11) is 0. The van der Waals surface area contributed by atoms with E-state index in [1.807, 2.05) is 20.8 Å². The molecular weight excluding hydrogens is 377 g/mol. The molecule has 0 saturated heterocycles. The highest BCUT2D eigenvalue weighted by molar-refractivity contribution is 14.1. The SMILES string of the molecule is CC(C)(C)OC(=O)NCC1OCCc2sc(I)cc21. The molecule has 0 fully saturated rings. The van der Waals surface area contributed by atoms with Gasteiger partial charge in [-0.2, -0.15) is 0 Å². The van der Waals surface area contributed by atoms with Crippen molar-refractivity contribution in [3.05, 3.63) is 19.4 Å². The molecule has 0 bridgehead atoms. The molecule has 1 N–H and O–H groups in total. The van der Waals surface area contributed by atoms with Crippen LogP contribution in [0.1, 0.15) is 37.3 Å². The molecule has 1 aromatic heterocycles. The van der Waals surface area contributed by atoms with Crippen LogP contribution in [0, 0.1) is 2.88 Å². The van der Waals surface area contributed by atoms with Crippen LogP contribution in [-0.4, -0.2) is 24.8 Å². The highest BCUT2D eigenvalue weighted by atomic mass is 127. The molecule has 1 aliphatic rings. The Hall–Kier alpha value is -0.340. The third-order valence-electron chi connectivity index (χ3n) is 2.64. The first-order chi connectivity index (χ1) is 8.85. The average Bonchev–Trinajstić information content (AvgIpc) is 2.64. The zero-order chi connectivity index (χ0) is 14.0. The van der Waals surface area contributed by atoms with Crippen molar-refractivity contribution in [2.75, 3.05) is 13.2 Å². The van der Waals surface area contributed by atoms with E-state index in [0.717, 1.165) is 6.42 Å². The number of nitrogens with one attached hydrogen (secondary N) is 1. The Morgan fingerprint density at radius 3 is 3.05 bits per heavy atom. The van der Waals surface area contributed by atoms with Crippen LogP contribution in [0.3, 0.4) is 0 Å². The first-order valence-corrected chi connectivity index (χ1v) is 8.11. The highest BCUT2D eigenvalue weighted by Crippen LogP contribution is 2.34. The molecule has 1 unspecified atom stereocenters. The van der Waals surface area contributed by atoms with E-state index in [1.165, 1.54) is 13.3 Å². The summed E-state index contributed by atoms with van der Waals surface area (Å²) in [6.07, 6.45) is 0.510. The summed E-state index contributed by atoms with van der Waals surface area (Å²) < 4.78 is 12.2. The molecule has 19 heavy (non-hydrogen) atoms. The quantitative estimate of drug-likeness (QED) is 0.780. The normalized spacial score (nSPS) is 18.8. The van der Waals surface area contributed by atoms with E-state index < -0.39 is 11.7 Å². The maximum atomic E-state index is 11.6. The topological polar surface area (TPSA) is 47.6 Å². The summed E-state index contributed by atoms with van der Waals surface area (Å²) in [5.41, 5.74) is 0.733. The number of fused-ring (bicyclic) bond motifs is 1. The number of thiophene rings is 1. The number of carbonyl (C=O) groups excluding carboxylic acids is 1. The van der Waals surface area contributed by atoms with Crippen LogP contribution in [0.5, 0.6) is 0 Å². The number of amides is 1. The minimum atomic E-state index is -0.472. The van der Waals surface area contributed by atoms with Gasteiger partial charge in [0.15, 0.2) is 0 Å². The van der Waals surface area contributed by atoms with Gasteiger partial charge >= 0.3 is 6.09 Å². The van der Waals surface area contributed by atoms with Gasteiger partial charge in [0.1, 0.15) is 11.7 Å². The zero-order valence-electron chi connectivity index (χ0n) is 11.3. The van der Waals surface area contributed by atoms with Crippen molar-refractivity contribution < 1.29 is 14.3 Å². The molecule has 1 atom stereocenters. The predicted octanol–water partition coefficient (Wildman–Crippen LogP) is 3.49. The minimum Gasteiger partial charge on any atom is -0.444 e. The Labute approximate surface area is 131 Å². The van der Waals surface area contributed by atoms with E-state index in [1.54, 1.807) is 11.3 Å². The zero-order valence-corrected chi connectivity index (χ0v) is 14.3. The molecule has 6 heteroatoms. The molecule has 0 aromatic carbocycles. The van der Waals surface area contributed by atoms with Crippen LogP contribution >= 0.6 is 33.9 Å². The van der Waals surface area contributed by atoms with Crippen LogP contribution in [0.2, 0.25) is 0 Å².